The van der Waals surface area contributed by atoms with Gasteiger partial charge in [0, 0.05) is 17.3 Å². The molecule has 2 aromatic rings. The van der Waals surface area contributed by atoms with E-state index < -0.39 is 11.8 Å². The molecule has 1 atom stereocenters. The van der Waals surface area contributed by atoms with E-state index in [2.05, 4.69) is 29.0 Å². The van der Waals surface area contributed by atoms with Crippen LogP contribution in [0.3, 0.4) is 0 Å². The summed E-state index contributed by atoms with van der Waals surface area (Å²) in [6, 6.07) is 7.39. The minimum atomic E-state index is -0.555. The highest BCUT2D eigenvalue weighted by atomic mass is 35.5. The number of ether oxygens (including phenoxy) is 2. The van der Waals surface area contributed by atoms with Gasteiger partial charge in [-0.05, 0) is 70.0 Å². The van der Waals surface area contributed by atoms with E-state index in [0.29, 0.717) is 24.3 Å². The molecule has 34 heavy (non-hydrogen) atoms. The molecule has 186 valence electrons. The van der Waals surface area contributed by atoms with Crippen LogP contribution in [0.15, 0.2) is 42.0 Å². The SMILES string of the molecule is CNC1(C)CCC=C(COc2ccc(C)nc2F)C1.NC=O.O=CCOc1ccc(Cl)c(F)c1. The Morgan fingerprint density at radius 3 is 2.53 bits per heavy atom. The lowest BCUT2D eigenvalue weighted by atomic mass is 9.83. The summed E-state index contributed by atoms with van der Waals surface area (Å²) >= 11 is 5.41. The number of rotatable bonds is 7. The average Bonchev–Trinajstić information content (AvgIpc) is 2.80. The molecule has 0 aliphatic heterocycles. The molecule has 1 aromatic heterocycles. The summed E-state index contributed by atoms with van der Waals surface area (Å²) in [4.78, 5) is 22.2. The number of aldehydes is 1. The molecule has 0 bridgehead atoms. The van der Waals surface area contributed by atoms with E-state index in [1.54, 1.807) is 19.1 Å². The number of pyridine rings is 1. The quantitative estimate of drug-likeness (QED) is 0.338. The number of aryl methyl sites for hydroxylation is 1. The van der Waals surface area contributed by atoms with Crippen LogP contribution in [0, 0.1) is 18.7 Å². The Bertz CT molecular complexity index is 975. The van der Waals surface area contributed by atoms with Crippen molar-refractivity contribution in [2.75, 3.05) is 20.3 Å². The van der Waals surface area contributed by atoms with Gasteiger partial charge in [0.1, 0.15) is 24.8 Å². The lowest BCUT2D eigenvalue weighted by Gasteiger charge is -2.33. The van der Waals surface area contributed by atoms with Crippen molar-refractivity contribution >= 4 is 24.3 Å². The molecule has 0 fully saturated rings. The van der Waals surface area contributed by atoms with Crippen molar-refractivity contribution in [1.82, 2.24) is 10.3 Å². The molecule has 3 rings (SSSR count). The summed E-state index contributed by atoms with van der Waals surface area (Å²) in [5.74, 6) is -0.569. The zero-order valence-electron chi connectivity index (χ0n) is 19.4. The van der Waals surface area contributed by atoms with Gasteiger partial charge in [0.25, 0.3) is 5.95 Å². The summed E-state index contributed by atoms with van der Waals surface area (Å²) in [5.41, 5.74) is 6.16. The van der Waals surface area contributed by atoms with Gasteiger partial charge in [-0.1, -0.05) is 17.7 Å². The number of primary amides is 1. The highest BCUT2D eigenvalue weighted by Gasteiger charge is 2.26. The number of aromatic nitrogens is 1. The molecule has 1 aliphatic rings. The lowest BCUT2D eigenvalue weighted by molar-refractivity contribution is -0.109. The van der Waals surface area contributed by atoms with Crippen LogP contribution in [0.5, 0.6) is 11.5 Å². The third-order valence-corrected chi connectivity index (χ3v) is 5.23. The second-order valence-corrected chi connectivity index (χ2v) is 8.02. The molecule has 1 aliphatic carbocycles. The van der Waals surface area contributed by atoms with Gasteiger partial charge in [-0.3, -0.25) is 9.59 Å². The standard InChI is InChI=1S/C15H21FN2O.C8H6ClFO2.CH3NO/c1-11-6-7-13(14(16)18-11)19-10-12-5-4-8-15(2,9-12)17-3;9-7-2-1-6(5-8(7)10)12-4-3-11;2-1-3/h5-7,17H,4,8-10H2,1-3H3;1-3,5H,4H2;1H,(H2,2,3). The first-order chi connectivity index (χ1) is 16.2. The number of carbonyl (C=O) groups excluding carboxylic acids is 2. The largest absolute Gasteiger partial charge is 0.486 e. The monoisotopic (exact) mass is 497 g/mol. The van der Waals surface area contributed by atoms with Crippen LogP contribution in [0.1, 0.15) is 31.9 Å². The van der Waals surface area contributed by atoms with Gasteiger partial charge >= 0.3 is 0 Å². The van der Waals surface area contributed by atoms with Crippen molar-refractivity contribution in [2.24, 2.45) is 5.73 Å². The molecule has 1 heterocycles. The Morgan fingerprint density at radius 1 is 1.24 bits per heavy atom. The molecule has 1 unspecified atom stereocenters. The molecule has 0 spiro atoms. The first-order valence-corrected chi connectivity index (χ1v) is 10.9. The van der Waals surface area contributed by atoms with Crippen LogP contribution in [0.25, 0.3) is 0 Å². The summed E-state index contributed by atoms with van der Waals surface area (Å²) in [7, 11) is 1.98. The summed E-state index contributed by atoms with van der Waals surface area (Å²) in [6.45, 7) is 4.31. The number of benzene rings is 1. The van der Waals surface area contributed by atoms with E-state index in [-0.39, 0.29) is 29.3 Å². The van der Waals surface area contributed by atoms with E-state index >= 15 is 0 Å². The number of hydrogen-bond acceptors (Lipinski definition) is 6. The topological polar surface area (TPSA) is 104 Å². The number of nitrogens with two attached hydrogens (primary N) is 1. The first kappa shape index (κ1) is 29.0. The van der Waals surface area contributed by atoms with Crippen molar-refractivity contribution in [3.8, 4) is 11.5 Å². The van der Waals surface area contributed by atoms with Gasteiger partial charge in [0.2, 0.25) is 6.41 Å². The lowest BCUT2D eigenvalue weighted by Crippen LogP contribution is -2.41. The summed E-state index contributed by atoms with van der Waals surface area (Å²) in [5, 5.41) is 3.38. The smallest absolute Gasteiger partial charge is 0.255 e. The molecule has 10 heteroatoms. The summed E-state index contributed by atoms with van der Waals surface area (Å²) in [6.07, 6.45) is 6.12. The molecule has 0 saturated heterocycles. The van der Waals surface area contributed by atoms with E-state index in [0.717, 1.165) is 25.3 Å². The number of nitrogens with zero attached hydrogens (tertiary/aromatic N) is 1. The predicted molar refractivity (Wildman–Crippen MR) is 127 cm³/mol. The maximum absolute atomic E-state index is 13.6. The van der Waals surface area contributed by atoms with E-state index in [1.807, 2.05) is 7.05 Å². The molecule has 1 amide bonds. The number of allylic oxidation sites excluding steroid dienone is 1. The Hall–Kier alpha value is -3.04. The third-order valence-electron chi connectivity index (χ3n) is 4.93. The van der Waals surface area contributed by atoms with E-state index in [1.165, 1.54) is 17.7 Å². The molecular formula is C24H30ClF2N3O4. The highest BCUT2D eigenvalue weighted by molar-refractivity contribution is 6.30. The molecule has 3 N–H and O–H groups in total. The number of carbonyl (C=O) groups is 2. The van der Waals surface area contributed by atoms with Gasteiger partial charge in [0.15, 0.2) is 12.0 Å². The molecule has 1 aromatic carbocycles. The number of hydrogen-bond donors (Lipinski definition) is 2. The van der Waals surface area contributed by atoms with Crippen molar-refractivity contribution in [2.45, 2.75) is 38.6 Å². The maximum Gasteiger partial charge on any atom is 0.255 e. The normalized spacial score (nSPS) is 16.6. The van der Waals surface area contributed by atoms with Crippen LogP contribution in [0.4, 0.5) is 8.78 Å². The van der Waals surface area contributed by atoms with Crippen LogP contribution in [0.2, 0.25) is 5.02 Å². The molecule has 0 radical (unpaired) electrons. The Balaban J connectivity index is 0.000000330. The molecule has 0 saturated carbocycles. The van der Waals surface area contributed by atoms with Crippen LogP contribution in [-0.4, -0.2) is 43.5 Å². The molecule has 7 nitrogen and oxygen atoms in total. The number of nitrogens with one attached hydrogen (secondary N) is 1. The van der Waals surface area contributed by atoms with E-state index in [4.69, 9.17) is 25.9 Å². The average molecular weight is 498 g/mol. The number of amides is 1. The van der Waals surface area contributed by atoms with Gasteiger partial charge in [-0.2, -0.15) is 4.39 Å². The fourth-order valence-electron chi connectivity index (χ4n) is 3.07. The Morgan fingerprint density at radius 2 is 1.94 bits per heavy atom. The van der Waals surface area contributed by atoms with Gasteiger partial charge in [0.05, 0.1) is 5.02 Å². The van der Waals surface area contributed by atoms with Crippen molar-refractivity contribution in [1.29, 1.82) is 0 Å². The second-order valence-electron chi connectivity index (χ2n) is 7.61. The third kappa shape index (κ3) is 10.3. The maximum atomic E-state index is 13.6. The van der Waals surface area contributed by atoms with Crippen LogP contribution in [-0.2, 0) is 9.59 Å². The van der Waals surface area contributed by atoms with Gasteiger partial charge < -0.3 is 20.5 Å². The Labute approximate surface area is 203 Å². The zero-order chi connectivity index (χ0) is 25.6. The summed E-state index contributed by atoms with van der Waals surface area (Å²) < 4.78 is 36.6. The van der Waals surface area contributed by atoms with Crippen molar-refractivity contribution < 1.29 is 27.8 Å². The van der Waals surface area contributed by atoms with Gasteiger partial charge in [-0.15, -0.1) is 0 Å². The predicted octanol–water partition coefficient (Wildman–Crippen LogP) is 4.15. The van der Waals surface area contributed by atoms with Crippen molar-refractivity contribution in [3.05, 3.63) is 64.5 Å². The Kier molecular flexibility index (Phi) is 12.8. The van der Waals surface area contributed by atoms with Crippen LogP contribution >= 0.6 is 11.6 Å². The van der Waals surface area contributed by atoms with Crippen LogP contribution < -0.4 is 20.5 Å². The molecular weight excluding hydrogens is 468 g/mol. The van der Waals surface area contributed by atoms with Crippen molar-refractivity contribution in [3.63, 3.8) is 0 Å². The zero-order valence-corrected chi connectivity index (χ0v) is 20.2. The minimum absolute atomic E-state index is 0.0356. The second kappa shape index (κ2) is 15.0. The minimum Gasteiger partial charge on any atom is -0.486 e. The first-order valence-electron chi connectivity index (χ1n) is 10.5. The van der Waals surface area contributed by atoms with Gasteiger partial charge in [-0.25, -0.2) is 9.37 Å². The van der Waals surface area contributed by atoms with E-state index in [9.17, 15) is 13.6 Å². The fraction of sp³-hybridized carbons (Fsp3) is 0.375. The number of halogens is 3. The highest BCUT2D eigenvalue weighted by Crippen LogP contribution is 2.28. The fourth-order valence-corrected chi connectivity index (χ4v) is 3.18.